The van der Waals surface area contributed by atoms with E-state index in [1.807, 2.05) is 0 Å². The Morgan fingerprint density at radius 1 is 1.29 bits per heavy atom. The van der Waals surface area contributed by atoms with Crippen LogP contribution in [0.25, 0.3) is 0 Å². The summed E-state index contributed by atoms with van der Waals surface area (Å²) in [6.45, 7) is 3.55. The van der Waals surface area contributed by atoms with E-state index in [1.54, 1.807) is 7.11 Å². The SMILES string of the molecule is COCCCN1CCC(NC(=O)c2cc(Cl)c(NC3=CC(=O)N(CCO)C3=O)c3c2OCC3)CC1. The Morgan fingerprint density at radius 2 is 2.06 bits per heavy atom. The molecule has 0 radical (unpaired) electrons. The zero-order valence-corrected chi connectivity index (χ0v) is 20.5. The van der Waals surface area contributed by atoms with Crippen LogP contribution < -0.4 is 15.4 Å². The number of hydrogen-bond donors (Lipinski definition) is 3. The van der Waals surface area contributed by atoms with Crippen LogP contribution in [0.4, 0.5) is 5.69 Å². The molecule has 1 aromatic rings. The summed E-state index contributed by atoms with van der Waals surface area (Å²) in [5.74, 6) is -0.842. The molecule has 3 N–H and O–H groups in total. The van der Waals surface area contributed by atoms with Crippen molar-refractivity contribution in [1.29, 1.82) is 0 Å². The maximum absolute atomic E-state index is 13.1. The van der Waals surface area contributed by atoms with Crippen LogP contribution >= 0.6 is 11.6 Å². The molecular formula is C24H31ClN4O6. The molecule has 0 atom stereocenters. The van der Waals surface area contributed by atoms with E-state index < -0.39 is 11.8 Å². The quantitative estimate of drug-likeness (QED) is 0.319. The molecule has 3 aliphatic rings. The van der Waals surface area contributed by atoms with Gasteiger partial charge in [0.1, 0.15) is 11.4 Å². The van der Waals surface area contributed by atoms with Crippen molar-refractivity contribution in [3.05, 3.63) is 34.0 Å². The maximum atomic E-state index is 13.1. The number of nitrogens with zero attached hydrogens (tertiary/aromatic N) is 2. The number of benzene rings is 1. The van der Waals surface area contributed by atoms with Gasteiger partial charge >= 0.3 is 0 Å². The lowest BCUT2D eigenvalue weighted by molar-refractivity contribution is -0.137. The van der Waals surface area contributed by atoms with Gasteiger partial charge in [-0.05, 0) is 25.3 Å². The molecule has 0 saturated carbocycles. The van der Waals surface area contributed by atoms with Crippen LogP contribution in [0, 0.1) is 0 Å². The number of anilines is 1. The summed E-state index contributed by atoms with van der Waals surface area (Å²) in [6.07, 6.45) is 4.41. The van der Waals surface area contributed by atoms with Gasteiger partial charge in [-0.2, -0.15) is 0 Å². The van der Waals surface area contributed by atoms with Crippen LogP contribution in [0.3, 0.4) is 0 Å². The number of methoxy groups -OCH3 is 1. The summed E-state index contributed by atoms with van der Waals surface area (Å²) in [5.41, 5.74) is 1.56. The van der Waals surface area contributed by atoms with Crippen LogP contribution in [0.5, 0.6) is 5.75 Å². The number of halogens is 1. The molecule has 190 valence electrons. The highest BCUT2D eigenvalue weighted by atomic mass is 35.5. The predicted molar refractivity (Wildman–Crippen MR) is 130 cm³/mol. The third-order valence-electron chi connectivity index (χ3n) is 6.51. The number of aliphatic hydroxyl groups excluding tert-OH is 1. The number of rotatable bonds is 10. The third-order valence-corrected chi connectivity index (χ3v) is 6.81. The molecule has 0 aromatic heterocycles. The summed E-state index contributed by atoms with van der Waals surface area (Å²) >= 11 is 6.55. The van der Waals surface area contributed by atoms with Gasteiger partial charge in [-0.15, -0.1) is 0 Å². The molecule has 1 fully saturated rings. The molecule has 10 nitrogen and oxygen atoms in total. The molecule has 3 amide bonds. The lowest BCUT2D eigenvalue weighted by Gasteiger charge is -2.32. The molecule has 4 rings (SSSR count). The summed E-state index contributed by atoms with van der Waals surface area (Å²) in [5, 5.41) is 15.4. The number of fused-ring (bicyclic) bond motifs is 1. The number of nitrogens with one attached hydrogen (secondary N) is 2. The average molecular weight is 507 g/mol. The highest BCUT2D eigenvalue weighted by Crippen LogP contribution is 2.41. The predicted octanol–water partition coefficient (Wildman–Crippen LogP) is 1.16. The Balaban J connectivity index is 1.44. The molecule has 0 bridgehead atoms. The van der Waals surface area contributed by atoms with E-state index in [0.717, 1.165) is 50.4 Å². The number of amides is 3. The number of hydrogen-bond acceptors (Lipinski definition) is 8. The normalized spacial score (nSPS) is 18.5. The molecule has 11 heteroatoms. The average Bonchev–Trinajstić information content (AvgIpc) is 3.43. The van der Waals surface area contributed by atoms with Gasteiger partial charge in [-0.3, -0.25) is 19.3 Å². The van der Waals surface area contributed by atoms with Crippen LogP contribution in [-0.2, 0) is 20.7 Å². The molecule has 0 unspecified atom stereocenters. The number of carbonyl (C=O) groups excluding carboxylic acids is 3. The van der Waals surface area contributed by atoms with Crippen molar-refractivity contribution in [2.75, 3.05) is 58.4 Å². The number of β-amino-alcohol motifs (C(OH)–C–C–N with tert-alkyl or cyclic N) is 1. The third kappa shape index (κ3) is 5.61. The highest BCUT2D eigenvalue weighted by Gasteiger charge is 2.33. The molecule has 35 heavy (non-hydrogen) atoms. The lowest BCUT2D eigenvalue weighted by Crippen LogP contribution is -2.45. The first kappa shape index (κ1) is 25.4. The first-order valence-corrected chi connectivity index (χ1v) is 12.3. The number of likely N-dealkylation sites (tertiary alicyclic amines) is 1. The van der Waals surface area contributed by atoms with Crippen LogP contribution in [-0.4, -0.2) is 91.8 Å². The molecule has 1 aromatic carbocycles. The number of aliphatic hydroxyl groups is 1. The molecule has 0 aliphatic carbocycles. The lowest BCUT2D eigenvalue weighted by atomic mass is 10.0. The van der Waals surface area contributed by atoms with Gasteiger partial charge in [0.15, 0.2) is 0 Å². The fraction of sp³-hybridized carbons (Fsp3) is 0.542. The summed E-state index contributed by atoms with van der Waals surface area (Å²) in [7, 11) is 1.70. The van der Waals surface area contributed by atoms with Crippen LogP contribution in [0.2, 0.25) is 5.02 Å². The number of piperidine rings is 1. The zero-order chi connectivity index (χ0) is 24.9. The zero-order valence-electron chi connectivity index (χ0n) is 19.8. The molecule has 3 heterocycles. The minimum Gasteiger partial charge on any atom is -0.492 e. The Kier molecular flexibility index (Phi) is 8.27. The van der Waals surface area contributed by atoms with E-state index in [-0.39, 0.29) is 35.8 Å². The van der Waals surface area contributed by atoms with Crippen molar-refractivity contribution in [2.45, 2.75) is 31.7 Å². The fourth-order valence-corrected chi connectivity index (χ4v) is 4.96. The largest absolute Gasteiger partial charge is 0.492 e. The summed E-state index contributed by atoms with van der Waals surface area (Å²) < 4.78 is 10.9. The Labute approximate surface area is 209 Å². The monoisotopic (exact) mass is 506 g/mol. The van der Waals surface area contributed by atoms with E-state index in [2.05, 4.69) is 15.5 Å². The number of carbonyl (C=O) groups is 3. The molecule has 0 spiro atoms. The van der Waals surface area contributed by atoms with E-state index >= 15 is 0 Å². The Hall–Kier alpha value is -2.66. The van der Waals surface area contributed by atoms with E-state index in [9.17, 15) is 14.4 Å². The van der Waals surface area contributed by atoms with E-state index in [4.69, 9.17) is 26.2 Å². The Morgan fingerprint density at radius 3 is 2.77 bits per heavy atom. The van der Waals surface area contributed by atoms with Crippen molar-refractivity contribution in [3.8, 4) is 5.75 Å². The summed E-state index contributed by atoms with van der Waals surface area (Å²) in [4.78, 5) is 41.1. The first-order valence-electron chi connectivity index (χ1n) is 11.9. The van der Waals surface area contributed by atoms with Crippen LogP contribution in [0.1, 0.15) is 35.2 Å². The van der Waals surface area contributed by atoms with Crippen LogP contribution in [0.15, 0.2) is 17.8 Å². The van der Waals surface area contributed by atoms with E-state index in [0.29, 0.717) is 35.6 Å². The second-order valence-corrected chi connectivity index (χ2v) is 9.23. The minimum atomic E-state index is -0.539. The van der Waals surface area contributed by atoms with Crippen molar-refractivity contribution in [2.24, 2.45) is 0 Å². The van der Waals surface area contributed by atoms with Gasteiger partial charge in [0.25, 0.3) is 17.7 Å². The second-order valence-electron chi connectivity index (χ2n) is 8.82. The van der Waals surface area contributed by atoms with Gasteiger partial charge in [0, 0.05) is 57.5 Å². The number of imide groups is 1. The minimum absolute atomic E-state index is 0.0638. The van der Waals surface area contributed by atoms with Gasteiger partial charge in [-0.25, -0.2) is 0 Å². The van der Waals surface area contributed by atoms with Crippen molar-refractivity contribution < 1.29 is 29.0 Å². The Bertz CT molecular complexity index is 1020. The summed E-state index contributed by atoms with van der Waals surface area (Å²) in [6, 6.07) is 1.61. The highest BCUT2D eigenvalue weighted by molar-refractivity contribution is 6.34. The standard InChI is InChI=1S/C24H31ClN4O6/c1-34-11-2-6-28-7-3-15(4-8-28)26-23(32)17-13-18(25)21(16-5-12-35-22(16)17)27-19-14-20(31)29(9-10-30)24(19)33/h13-15,27,30H,2-12H2,1H3,(H,26,32). The van der Waals surface area contributed by atoms with E-state index in [1.165, 1.54) is 12.1 Å². The van der Waals surface area contributed by atoms with Crippen molar-refractivity contribution in [3.63, 3.8) is 0 Å². The van der Waals surface area contributed by atoms with Gasteiger partial charge in [-0.1, -0.05) is 11.6 Å². The van der Waals surface area contributed by atoms with Crippen molar-refractivity contribution in [1.82, 2.24) is 15.1 Å². The number of ether oxygens (including phenoxy) is 2. The second kappa shape index (κ2) is 11.4. The molecular weight excluding hydrogens is 476 g/mol. The molecule has 3 aliphatic heterocycles. The van der Waals surface area contributed by atoms with Gasteiger partial charge in [0.2, 0.25) is 0 Å². The van der Waals surface area contributed by atoms with Crippen molar-refractivity contribution >= 4 is 35.0 Å². The van der Waals surface area contributed by atoms with Gasteiger partial charge < -0.3 is 30.1 Å². The first-order chi connectivity index (χ1) is 16.9. The topological polar surface area (TPSA) is 120 Å². The smallest absolute Gasteiger partial charge is 0.277 e. The molecule has 1 saturated heterocycles. The maximum Gasteiger partial charge on any atom is 0.277 e. The van der Waals surface area contributed by atoms with Gasteiger partial charge in [0.05, 0.1) is 36.0 Å². The fourth-order valence-electron chi connectivity index (χ4n) is 4.69.